The Hall–Kier alpha value is -4.14. The average Bonchev–Trinajstić information content (AvgIpc) is 3.32. The molecule has 3 aromatic rings. The minimum absolute atomic E-state index is 0.303. The molecule has 41 heavy (non-hydrogen) atoms. The maximum atomic E-state index is 13.7. The third-order valence-electron chi connectivity index (χ3n) is 7.41. The second-order valence-corrected chi connectivity index (χ2v) is 10.3. The van der Waals surface area contributed by atoms with E-state index in [4.69, 9.17) is 10.00 Å². The summed E-state index contributed by atoms with van der Waals surface area (Å²) >= 11 is 0. The van der Waals surface area contributed by atoms with Crippen LogP contribution in [-0.4, -0.2) is 91.0 Å². The van der Waals surface area contributed by atoms with Gasteiger partial charge in [-0.3, -0.25) is 14.6 Å². The summed E-state index contributed by atoms with van der Waals surface area (Å²) in [4.78, 5) is 33.2. The predicted molar refractivity (Wildman–Crippen MR) is 150 cm³/mol. The molecule has 0 radical (unpaired) electrons. The Bertz CT molecular complexity index is 1440. The van der Waals surface area contributed by atoms with Crippen molar-refractivity contribution in [3.05, 3.63) is 60.3 Å². The Morgan fingerprint density at radius 3 is 2.63 bits per heavy atom. The highest BCUT2D eigenvalue weighted by Crippen LogP contribution is 2.32. The van der Waals surface area contributed by atoms with E-state index in [1.54, 1.807) is 12.1 Å². The number of hydrogen-bond acceptors (Lipinski definition) is 7. The third-order valence-corrected chi connectivity index (χ3v) is 7.41. The first-order chi connectivity index (χ1) is 19.8. The van der Waals surface area contributed by atoms with Crippen molar-refractivity contribution in [3.63, 3.8) is 0 Å². The van der Waals surface area contributed by atoms with E-state index in [2.05, 4.69) is 20.5 Å². The molecule has 2 fully saturated rings. The number of carbonyl (C=O) groups excluding carboxylic acids is 2. The van der Waals surface area contributed by atoms with E-state index in [-0.39, 0.29) is 0 Å². The fourth-order valence-electron chi connectivity index (χ4n) is 5.23. The Labute approximate surface area is 237 Å². The van der Waals surface area contributed by atoms with Crippen LogP contribution in [0.4, 0.5) is 8.78 Å². The van der Waals surface area contributed by atoms with Crippen LogP contribution < -0.4 is 15.4 Å². The number of alkyl halides is 2. The van der Waals surface area contributed by atoms with Crippen LogP contribution in [-0.2, 0) is 4.79 Å². The summed E-state index contributed by atoms with van der Waals surface area (Å²) in [6, 6.07) is 15.4. The minimum atomic E-state index is -3.12. The number of hydrogen-bond donors (Lipinski definition) is 2. The average molecular weight is 563 g/mol. The Kier molecular flexibility index (Phi) is 8.71. The molecule has 0 saturated carbocycles. The third kappa shape index (κ3) is 6.96. The van der Waals surface area contributed by atoms with Gasteiger partial charge < -0.3 is 25.2 Å². The van der Waals surface area contributed by atoms with Crippen molar-refractivity contribution in [3.8, 4) is 22.9 Å². The second kappa shape index (κ2) is 12.6. The molecule has 2 aliphatic rings. The van der Waals surface area contributed by atoms with Crippen LogP contribution in [0.5, 0.6) is 5.75 Å². The molecule has 214 valence electrons. The SMILES string of the molecule is N#C[C@@H]1CC(F)(F)CN1C(=O)CNC(=O)c1ccnc2ccc(-c3ccc(OCCCN4CCNCC4)cc3)cc12. The Morgan fingerprint density at radius 2 is 1.88 bits per heavy atom. The molecule has 2 N–H and O–H groups in total. The van der Waals surface area contributed by atoms with Gasteiger partial charge in [0, 0.05) is 50.7 Å². The molecular weight excluding hydrogens is 530 g/mol. The van der Waals surface area contributed by atoms with Gasteiger partial charge in [-0.25, -0.2) is 8.78 Å². The molecule has 9 nitrogen and oxygen atoms in total. The number of amides is 2. The highest BCUT2D eigenvalue weighted by Gasteiger charge is 2.47. The van der Waals surface area contributed by atoms with Crippen molar-refractivity contribution >= 4 is 22.7 Å². The number of ether oxygens (including phenoxy) is 1. The van der Waals surface area contributed by atoms with E-state index in [9.17, 15) is 18.4 Å². The molecule has 11 heteroatoms. The summed E-state index contributed by atoms with van der Waals surface area (Å²) in [6.45, 7) is 4.54. The van der Waals surface area contributed by atoms with Crippen LogP contribution >= 0.6 is 0 Å². The van der Waals surface area contributed by atoms with Crippen LogP contribution in [0.15, 0.2) is 54.7 Å². The van der Waals surface area contributed by atoms with Crippen LogP contribution in [0.2, 0.25) is 0 Å². The van der Waals surface area contributed by atoms with Gasteiger partial charge in [0.05, 0.1) is 36.8 Å². The van der Waals surface area contributed by atoms with E-state index < -0.39 is 43.3 Å². The molecular formula is C30H32F2N6O3. The van der Waals surface area contributed by atoms with E-state index in [0.29, 0.717) is 23.1 Å². The number of nitrogens with one attached hydrogen (secondary N) is 2. The summed E-state index contributed by atoms with van der Waals surface area (Å²) in [5.74, 6) is -3.60. The number of benzene rings is 2. The monoisotopic (exact) mass is 562 g/mol. The maximum Gasteiger partial charge on any atom is 0.268 e. The van der Waals surface area contributed by atoms with Gasteiger partial charge in [0.1, 0.15) is 11.8 Å². The number of carbonyl (C=O) groups is 2. The molecule has 0 spiro atoms. The lowest BCUT2D eigenvalue weighted by atomic mass is 10.0. The molecule has 0 bridgehead atoms. The van der Waals surface area contributed by atoms with Crippen molar-refractivity contribution in [2.24, 2.45) is 0 Å². The second-order valence-electron chi connectivity index (χ2n) is 10.3. The lowest BCUT2D eigenvalue weighted by Gasteiger charge is -2.26. The van der Waals surface area contributed by atoms with Gasteiger partial charge in [-0.05, 0) is 47.9 Å². The number of likely N-dealkylation sites (tertiary alicyclic amines) is 1. The fraction of sp³-hybridized carbons (Fsp3) is 0.400. The smallest absolute Gasteiger partial charge is 0.268 e. The van der Waals surface area contributed by atoms with Crippen molar-refractivity contribution in [1.82, 2.24) is 25.4 Å². The first-order valence-electron chi connectivity index (χ1n) is 13.7. The Balaban J connectivity index is 1.21. The van der Waals surface area contributed by atoms with Gasteiger partial charge in [0.25, 0.3) is 11.8 Å². The summed E-state index contributed by atoms with van der Waals surface area (Å²) in [5, 5.41) is 15.6. The van der Waals surface area contributed by atoms with Crippen molar-refractivity contribution < 1.29 is 23.1 Å². The molecule has 2 aromatic carbocycles. The quantitative estimate of drug-likeness (QED) is 0.386. The fourth-order valence-corrected chi connectivity index (χ4v) is 5.23. The summed E-state index contributed by atoms with van der Waals surface area (Å²) in [7, 11) is 0. The molecule has 3 heterocycles. The highest BCUT2D eigenvalue weighted by molar-refractivity contribution is 6.07. The minimum Gasteiger partial charge on any atom is -0.494 e. The number of aromatic nitrogens is 1. The van der Waals surface area contributed by atoms with Crippen LogP contribution in [0.25, 0.3) is 22.0 Å². The van der Waals surface area contributed by atoms with E-state index >= 15 is 0 Å². The van der Waals surface area contributed by atoms with E-state index in [1.807, 2.05) is 42.5 Å². The van der Waals surface area contributed by atoms with E-state index in [0.717, 1.165) is 60.9 Å². The predicted octanol–water partition coefficient (Wildman–Crippen LogP) is 3.07. The van der Waals surface area contributed by atoms with Gasteiger partial charge >= 0.3 is 0 Å². The molecule has 2 aliphatic heterocycles. The molecule has 0 unspecified atom stereocenters. The molecule has 1 atom stereocenters. The van der Waals surface area contributed by atoms with Crippen LogP contribution in [0.3, 0.4) is 0 Å². The van der Waals surface area contributed by atoms with Gasteiger partial charge in [0.15, 0.2) is 0 Å². The van der Waals surface area contributed by atoms with E-state index in [1.165, 1.54) is 6.20 Å². The molecule has 1 aromatic heterocycles. The lowest BCUT2D eigenvalue weighted by Crippen LogP contribution is -2.43. The van der Waals surface area contributed by atoms with Crippen LogP contribution in [0, 0.1) is 11.3 Å². The van der Waals surface area contributed by atoms with Gasteiger partial charge in [-0.2, -0.15) is 5.26 Å². The number of piperazine rings is 1. The van der Waals surface area contributed by atoms with Gasteiger partial charge in [0.2, 0.25) is 5.91 Å². The van der Waals surface area contributed by atoms with Crippen molar-refractivity contribution in [1.29, 1.82) is 5.26 Å². The molecule has 5 rings (SSSR count). The Morgan fingerprint density at radius 1 is 1.12 bits per heavy atom. The summed E-state index contributed by atoms with van der Waals surface area (Å²) < 4.78 is 33.4. The maximum absolute atomic E-state index is 13.7. The summed E-state index contributed by atoms with van der Waals surface area (Å²) in [5.41, 5.74) is 2.71. The summed E-state index contributed by atoms with van der Waals surface area (Å²) in [6.07, 6.45) is 1.75. The van der Waals surface area contributed by atoms with Gasteiger partial charge in [-0.15, -0.1) is 0 Å². The molecule has 2 amide bonds. The number of nitrogens with zero attached hydrogens (tertiary/aromatic N) is 4. The van der Waals surface area contributed by atoms with Crippen LogP contribution in [0.1, 0.15) is 23.2 Å². The first-order valence-corrected chi connectivity index (χ1v) is 13.7. The zero-order valence-corrected chi connectivity index (χ0v) is 22.6. The number of pyridine rings is 1. The standard InChI is InChI=1S/C30H32F2N6O3/c31-30(32)17-23(18-33)38(20-30)28(39)19-36-29(40)25-8-9-35-27-7-4-22(16-26(25)27)21-2-5-24(6-3-21)41-15-1-12-37-13-10-34-11-14-37/h2-9,16,23,34H,1,10-15,17,19-20H2,(H,36,40)/t23-/m0/s1. The highest BCUT2D eigenvalue weighted by atomic mass is 19.3. The number of fused-ring (bicyclic) bond motifs is 1. The zero-order valence-electron chi connectivity index (χ0n) is 22.6. The lowest BCUT2D eigenvalue weighted by molar-refractivity contribution is -0.131. The number of halogens is 2. The topological polar surface area (TPSA) is 111 Å². The normalized spacial score (nSPS) is 18.7. The first kappa shape index (κ1) is 28.4. The van der Waals surface area contributed by atoms with Crippen molar-refractivity contribution in [2.45, 2.75) is 24.8 Å². The van der Waals surface area contributed by atoms with Gasteiger partial charge in [-0.1, -0.05) is 18.2 Å². The largest absolute Gasteiger partial charge is 0.494 e. The molecule has 2 saturated heterocycles. The van der Waals surface area contributed by atoms with Crippen molar-refractivity contribution in [2.75, 3.05) is 52.4 Å². The number of nitriles is 1. The number of rotatable bonds is 9. The zero-order chi connectivity index (χ0) is 28.8. The molecule has 0 aliphatic carbocycles.